The highest BCUT2D eigenvalue weighted by molar-refractivity contribution is 7.96. The van der Waals surface area contributed by atoms with Gasteiger partial charge in [0.2, 0.25) is 0 Å². The number of aliphatic hydroxyl groups excluding tert-OH is 2. The van der Waals surface area contributed by atoms with Crippen LogP contribution in [0.3, 0.4) is 0 Å². The van der Waals surface area contributed by atoms with Crippen LogP contribution in [0.2, 0.25) is 0 Å². The molecule has 1 aliphatic heterocycles. The largest absolute Gasteiger partial charge is 0.548 e. The van der Waals surface area contributed by atoms with Gasteiger partial charge in [0, 0.05) is 19.4 Å². The van der Waals surface area contributed by atoms with E-state index in [0.717, 1.165) is 0 Å². The molecule has 0 bridgehead atoms. The smallest absolute Gasteiger partial charge is 0.339 e. The fraction of sp³-hybridized carbons (Fsp3) is 0.417. The molecule has 7 N–H and O–H groups in total. The summed E-state index contributed by atoms with van der Waals surface area (Å²) in [5, 5.41) is 40.2. The van der Waals surface area contributed by atoms with Crippen LogP contribution in [0, 0.1) is 0 Å². The Morgan fingerprint density at radius 3 is 2.55 bits per heavy atom. The van der Waals surface area contributed by atoms with Crippen LogP contribution in [0.25, 0.3) is 11.2 Å². The van der Waals surface area contributed by atoms with Crippen molar-refractivity contribution in [1.82, 2.24) is 19.5 Å². The topological polar surface area (TPSA) is 249 Å². The number of hydrogen-bond donors (Lipinski definition) is 5. The minimum atomic E-state index is -1.28. The molecule has 3 heterocycles. The van der Waals surface area contributed by atoms with E-state index >= 15 is 0 Å². The summed E-state index contributed by atoms with van der Waals surface area (Å²) in [5.41, 5.74) is 12.0. The van der Waals surface area contributed by atoms with Crippen molar-refractivity contribution in [3.63, 3.8) is 0 Å². The third-order valence-corrected chi connectivity index (χ3v) is 7.73. The van der Waals surface area contributed by atoms with E-state index in [1.165, 1.54) is 36.3 Å². The Morgan fingerprint density at radius 2 is 1.90 bits per heavy atom. The lowest BCUT2D eigenvalue weighted by atomic mass is 10.1. The van der Waals surface area contributed by atoms with Crippen LogP contribution in [-0.4, -0.2) is 94.9 Å². The molecule has 0 amide bonds. The van der Waals surface area contributed by atoms with Crippen LogP contribution in [0.15, 0.2) is 36.9 Å². The van der Waals surface area contributed by atoms with Gasteiger partial charge in [0.25, 0.3) is 0 Å². The molecular weight excluding hydrogens is 548 g/mol. The highest BCUT2D eigenvalue weighted by Crippen LogP contribution is 2.32. The van der Waals surface area contributed by atoms with Crippen molar-refractivity contribution < 1.29 is 44.3 Å². The maximum atomic E-state index is 10.7. The molecule has 15 nitrogen and oxygen atoms in total. The lowest BCUT2D eigenvalue weighted by Crippen LogP contribution is -2.43. The number of carboxylic acids is 2. The summed E-state index contributed by atoms with van der Waals surface area (Å²) in [5.74, 6) is -1.64. The Labute approximate surface area is 231 Å². The molecule has 0 saturated carbocycles. The number of ether oxygens (including phenoxy) is 2. The van der Waals surface area contributed by atoms with Gasteiger partial charge in [0.15, 0.2) is 17.7 Å². The number of nitrogen functional groups attached to an aromatic ring is 1. The van der Waals surface area contributed by atoms with Gasteiger partial charge >= 0.3 is 11.9 Å². The van der Waals surface area contributed by atoms with Gasteiger partial charge in [-0.25, -0.2) is 19.7 Å². The third-order valence-electron chi connectivity index (χ3n) is 5.90. The van der Waals surface area contributed by atoms with E-state index in [1.54, 1.807) is 12.1 Å². The number of fused-ring (bicyclic) bond motifs is 1. The van der Waals surface area contributed by atoms with Crippen molar-refractivity contribution in [3.05, 3.63) is 42.5 Å². The number of aromatic carboxylic acids is 1. The van der Waals surface area contributed by atoms with Crippen molar-refractivity contribution >= 4 is 45.8 Å². The number of rotatable bonds is 9. The first-order valence-corrected chi connectivity index (χ1v) is 13.9. The zero-order chi connectivity index (χ0) is 29.6. The summed E-state index contributed by atoms with van der Waals surface area (Å²) >= 11 is 0. The van der Waals surface area contributed by atoms with Crippen molar-refractivity contribution in [1.29, 1.82) is 0 Å². The maximum absolute atomic E-state index is 10.7. The number of nitrogens with zero attached hydrogens (tertiary/aromatic N) is 4. The molecule has 2 unspecified atom stereocenters. The second-order valence-electron chi connectivity index (χ2n) is 8.89. The van der Waals surface area contributed by atoms with Crippen LogP contribution >= 0.6 is 0 Å². The van der Waals surface area contributed by atoms with Crippen LogP contribution in [0.1, 0.15) is 29.9 Å². The maximum Gasteiger partial charge on any atom is 0.339 e. The predicted octanol–water partition coefficient (Wildman–Crippen LogP) is -1.95. The van der Waals surface area contributed by atoms with Gasteiger partial charge in [-0.1, -0.05) is 12.1 Å². The molecule has 6 atom stereocenters. The molecule has 4 rings (SSSR count). The molecule has 0 radical (unpaired) electrons. The molecule has 0 aliphatic carbocycles. The van der Waals surface area contributed by atoms with E-state index in [4.69, 9.17) is 21.3 Å². The average molecular weight is 579 g/mol. The lowest BCUT2D eigenvalue weighted by molar-refractivity contribution is -0.307. The standard InChI is InChI=1S/C15H22N6O5S.C9H8O4/c1-27(3-2-7(16)15(24)25)4-8-10(22)11(23)14(26-8)21-6-20-9-12(17)18-5-19-13(9)21;1-6(10)13-8-5-3-2-4-7(8)9(11)12/h5-8,10-11,14,22-23H,2-4,16H2,1H3,(H2-,17,18,19,24,25);2-5H,1H3,(H,11,12)/t7?,8-,10-,11-,14-,27?;/m1./s1. The van der Waals surface area contributed by atoms with Crippen molar-refractivity contribution in [2.45, 2.75) is 43.9 Å². The second-order valence-corrected chi connectivity index (χ2v) is 11.2. The zero-order valence-corrected chi connectivity index (χ0v) is 22.4. The summed E-state index contributed by atoms with van der Waals surface area (Å²) in [6.45, 7) is 1.22. The number of carboxylic acid groups (broad SMARTS) is 2. The monoisotopic (exact) mass is 578 g/mol. The van der Waals surface area contributed by atoms with Gasteiger partial charge in [0.05, 0.1) is 18.6 Å². The summed E-state index contributed by atoms with van der Waals surface area (Å²) < 4.78 is 12.1. The van der Waals surface area contributed by atoms with E-state index in [1.807, 2.05) is 6.26 Å². The number of hydrogen-bond acceptors (Lipinski definition) is 13. The van der Waals surface area contributed by atoms with Gasteiger partial charge < -0.3 is 46.2 Å². The average Bonchev–Trinajstić information content (AvgIpc) is 3.45. The van der Waals surface area contributed by atoms with E-state index in [0.29, 0.717) is 22.7 Å². The number of carbonyl (C=O) groups excluding carboxylic acids is 2. The van der Waals surface area contributed by atoms with Crippen LogP contribution in [0.4, 0.5) is 5.82 Å². The molecule has 1 fully saturated rings. The number of aliphatic carboxylic acids is 1. The molecule has 1 aromatic carbocycles. The zero-order valence-electron chi connectivity index (χ0n) is 21.6. The SMILES string of the molecule is CC(=O)Oc1ccccc1C(=O)O.C[S+](CCC(N)C(=O)[O-])C[C@H]1O[C@@H](n2cnc3c(N)ncnc32)[C@H](O)[C@@H]1O. The van der Waals surface area contributed by atoms with Gasteiger partial charge in [-0.3, -0.25) is 9.36 Å². The Kier molecular flexibility index (Phi) is 10.4. The highest BCUT2D eigenvalue weighted by Gasteiger charge is 2.46. The second kappa shape index (κ2) is 13.5. The molecule has 40 heavy (non-hydrogen) atoms. The number of aromatic nitrogens is 4. The van der Waals surface area contributed by atoms with Gasteiger partial charge in [-0.15, -0.1) is 0 Å². The number of imidazole rings is 1. The Hall–Kier alpha value is -3.83. The first-order chi connectivity index (χ1) is 18.9. The normalized spacial score (nSPS) is 21.7. The molecule has 3 aromatic rings. The molecule has 1 saturated heterocycles. The molecule has 216 valence electrons. The quantitative estimate of drug-likeness (QED) is 0.105. The number of aliphatic hydroxyl groups is 2. The first kappa shape index (κ1) is 30.7. The van der Waals surface area contributed by atoms with E-state index in [2.05, 4.69) is 19.7 Å². The summed E-state index contributed by atoms with van der Waals surface area (Å²) in [6, 6.07) is 4.96. The number of nitrogens with two attached hydrogens (primary N) is 2. The summed E-state index contributed by atoms with van der Waals surface area (Å²) in [4.78, 5) is 44.0. The van der Waals surface area contributed by atoms with Crippen molar-refractivity contribution in [3.8, 4) is 5.75 Å². The number of esters is 1. The Bertz CT molecular complexity index is 1360. The third kappa shape index (κ3) is 7.42. The van der Waals surface area contributed by atoms with Gasteiger partial charge in [-0.05, 0) is 23.0 Å². The Balaban J connectivity index is 0.000000285. The molecule has 16 heteroatoms. The first-order valence-electron chi connectivity index (χ1n) is 11.9. The van der Waals surface area contributed by atoms with Crippen molar-refractivity contribution in [2.24, 2.45) is 5.73 Å². The number of para-hydroxylation sites is 1. The van der Waals surface area contributed by atoms with E-state index in [-0.39, 0.29) is 34.4 Å². The fourth-order valence-corrected chi connectivity index (χ4v) is 5.51. The molecule has 2 aromatic heterocycles. The molecule has 0 spiro atoms. The molecular formula is C24H30N6O9S. The summed E-state index contributed by atoms with van der Waals surface area (Å²) in [6.07, 6.45) is 1.17. The minimum Gasteiger partial charge on any atom is -0.548 e. The number of anilines is 1. The van der Waals surface area contributed by atoms with E-state index < -0.39 is 48.5 Å². The fourth-order valence-electron chi connectivity index (χ4n) is 3.85. The highest BCUT2D eigenvalue weighted by atomic mass is 32.2. The minimum absolute atomic E-state index is 0.0160. The van der Waals surface area contributed by atoms with Crippen LogP contribution < -0.4 is 21.3 Å². The van der Waals surface area contributed by atoms with Crippen molar-refractivity contribution in [2.75, 3.05) is 23.5 Å². The summed E-state index contributed by atoms with van der Waals surface area (Å²) in [7, 11) is -0.263. The molecule has 1 aliphatic rings. The Morgan fingerprint density at radius 1 is 1.20 bits per heavy atom. The van der Waals surface area contributed by atoms with Crippen LogP contribution in [0.5, 0.6) is 5.75 Å². The number of carbonyl (C=O) groups is 3. The number of benzene rings is 1. The van der Waals surface area contributed by atoms with E-state index in [9.17, 15) is 29.7 Å². The lowest BCUT2D eigenvalue weighted by Gasteiger charge is -2.16. The van der Waals surface area contributed by atoms with Gasteiger partial charge in [-0.2, -0.15) is 0 Å². The van der Waals surface area contributed by atoms with Gasteiger partial charge in [0.1, 0.15) is 53.0 Å². The van der Waals surface area contributed by atoms with Crippen LogP contribution in [-0.2, 0) is 25.2 Å². The predicted molar refractivity (Wildman–Crippen MR) is 141 cm³/mol.